The highest BCUT2D eigenvalue weighted by Crippen LogP contribution is 2.33. The third-order valence-corrected chi connectivity index (χ3v) is 4.36. The summed E-state index contributed by atoms with van der Waals surface area (Å²) in [6.45, 7) is 6.21. The zero-order valence-electron chi connectivity index (χ0n) is 16.0. The Bertz CT molecular complexity index is 1080. The number of hydrogen-bond donors (Lipinski definition) is 2. The fraction of sp³-hybridized carbons (Fsp3) is 0.182. The number of primary amides is 1. The minimum Gasteiger partial charge on any atom is -0.493 e. The number of aryl methyl sites for hydroxylation is 1. The third-order valence-electron chi connectivity index (χ3n) is 4.36. The molecule has 0 bridgehead atoms. The summed E-state index contributed by atoms with van der Waals surface area (Å²) in [6, 6.07) is 10.3. The number of allylic oxidation sites excluding steroid dienone is 1. The molecule has 28 heavy (non-hydrogen) atoms. The highest BCUT2D eigenvalue weighted by molar-refractivity contribution is 6.05. The Morgan fingerprint density at radius 2 is 2.04 bits per heavy atom. The van der Waals surface area contributed by atoms with Gasteiger partial charge in [-0.05, 0) is 56.2 Å². The molecule has 0 atom stereocenters. The first-order chi connectivity index (χ1) is 13.4. The van der Waals surface area contributed by atoms with Gasteiger partial charge in [0.15, 0.2) is 0 Å². The number of anilines is 1. The van der Waals surface area contributed by atoms with E-state index in [1.165, 1.54) is 12.1 Å². The largest absolute Gasteiger partial charge is 0.493 e. The minimum atomic E-state index is -0.548. The average Bonchev–Trinajstić information content (AvgIpc) is 3.01. The van der Waals surface area contributed by atoms with E-state index in [-0.39, 0.29) is 5.91 Å². The number of nitrogens with one attached hydrogen (secondary N) is 1. The summed E-state index contributed by atoms with van der Waals surface area (Å²) in [5.41, 5.74) is 9.43. The highest BCUT2D eigenvalue weighted by atomic mass is 16.5. The summed E-state index contributed by atoms with van der Waals surface area (Å²) in [6.07, 6.45) is 3.19. The topological polar surface area (TPSA) is 94.6 Å². The van der Waals surface area contributed by atoms with Crippen LogP contribution in [0.2, 0.25) is 0 Å². The Morgan fingerprint density at radius 3 is 2.75 bits per heavy atom. The zero-order valence-corrected chi connectivity index (χ0v) is 16.0. The summed E-state index contributed by atoms with van der Waals surface area (Å²) < 4.78 is 11.3. The number of amides is 2. The van der Waals surface area contributed by atoms with Gasteiger partial charge in [-0.3, -0.25) is 9.59 Å². The first kappa shape index (κ1) is 19.2. The van der Waals surface area contributed by atoms with Crippen molar-refractivity contribution in [2.75, 3.05) is 11.9 Å². The molecule has 144 valence electrons. The first-order valence-corrected chi connectivity index (χ1v) is 8.93. The van der Waals surface area contributed by atoms with E-state index < -0.39 is 5.91 Å². The van der Waals surface area contributed by atoms with Crippen molar-refractivity contribution < 1.29 is 18.7 Å². The van der Waals surface area contributed by atoms with Crippen LogP contribution >= 0.6 is 0 Å². The van der Waals surface area contributed by atoms with Crippen molar-refractivity contribution in [1.29, 1.82) is 0 Å². The number of benzene rings is 2. The number of nitrogens with two attached hydrogens (primary N) is 1. The van der Waals surface area contributed by atoms with Crippen molar-refractivity contribution >= 4 is 34.0 Å². The minimum absolute atomic E-state index is 0.314. The molecule has 3 N–H and O–H groups in total. The molecule has 2 amide bonds. The van der Waals surface area contributed by atoms with Crippen LogP contribution in [-0.4, -0.2) is 18.4 Å². The molecule has 0 fully saturated rings. The molecule has 2 aromatic carbocycles. The zero-order chi connectivity index (χ0) is 20.3. The lowest BCUT2D eigenvalue weighted by molar-refractivity contribution is -0.111. The Labute approximate surface area is 163 Å². The second kappa shape index (κ2) is 8.00. The van der Waals surface area contributed by atoms with E-state index in [2.05, 4.69) is 5.32 Å². The molecule has 1 aromatic heterocycles. The summed E-state index contributed by atoms with van der Waals surface area (Å²) in [4.78, 5) is 23.8. The lowest BCUT2D eigenvalue weighted by Crippen LogP contribution is -2.13. The molecule has 0 aliphatic carbocycles. The fourth-order valence-electron chi connectivity index (χ4n) is 2.97. The molecular formula is C22H22N2O4. The van der Waals surface area contributed by atoms with Crippen LogP contribution in [0.25, 0.3) is 16.5 Å². The number of rotatable bonds is 6. The Kier molecular flexibility index (Phi) is 5.49. The number of fused-ring (bicyclic) bond motifs is 1. The van der Waals surface area contributed by atoms with Gasteiger partial charge in [0.1, 0.15) is 11.3 Å². The van der Waals surface area contributed by atoms with Crippen molar-refractivity contribution in [3.63, 3.8) is 0 Å². The molecule has 0 saturated carbocycles. The van der Waals surface area contributed by atoms with Gasteiger partial charge in [0.05, 0.1) is 12.9 Å². The van der Waals surface area contributed by atoms with E-state index in [4.69, 9.17) is 14.9 Å². The lowest BCUT2D eigenvalue weighted by Gasteiger charge is -2.11. The smallest absolute Gasteiger partial charge is 0.248 e. The summed E-state index contributed by atoms with van der Waals surface area (Å²) in [5.74, 6) is -0.208. The van der Waals surface area contributed by atoms with Crippen LogP contribution in [0.15, 0.2) is 53.2 Å². The van der Waals surface area contributed by atoms with Gasteiger partial charge in [-0.1, -0.05) is 6.07 Å². The van der Waals surface area contributed by atoms with Gasteiger partial charge in [0.25, 0.3) is 0 Å². The lowest BCUT2D eigenvalue weighted by atomic mass is 10.0. The maximum atomic E-state index is 12.5. The van der Waals surface area contributed by atoms with Gasteiger partial charge in [-0.2, -0.15) is 0 Å². The van der Waals surface area contributed by atoms with Gasteiger partial charge >= 0.3 is 0 Å². The Balaban J connectivity index is 1.90. The van der Waals surface area contributed by atoms with Crippen molar-refractivity contribution in [1.82, 2.24) is 0 Å². The van der Waals surface area contributed by atoms with Crippen molar-refractivity contribution in [3.8, 4) is 5.75 Å². The van der Waals surface area contributed by atoms with Crippen LogP contribution in [0, 0.1) is 6.92 Å². The molecule has 0 radical (unpaired) electrons. The second-order valence-electron chi connectivity index (χ2n) is 6.46. The van der Waals surface area contributed by atoms with Crippen LogP contribution in [0.4, 0.5) is 5.69 Å². The molecule has 0 unspecified atom stereocenters. The predicted molar refractivity (Wildman–Crippen MR) is 109 cm³/mol. The first-order valence-electron chi connectivity index (χ1n) is 8.93. The third kappa shape index (κ3) is 4.06. The van der Waals surface area contributed by atoms with Gasteiger partial charge in [-0.25, -0.2) is 0 Å². The number of carbonyl (C=O) groups excluding carboxylic acids is 2. The van der Waals surface area contributed by atoms with Crippen molar-refractivity contribution in [3.05, 3.63) is 65.4 Å². The summed E-state index contributed by atoms with van der Waals surface area (Å²) in [5, 5.41) is 3.72. The fourth-order valence-corrected chi connectivity index (χ4v) is 2.97. The Hall–Kier alpha value is -3.54. The number of ether oxygens (including phenoxy) is 1. The Morgan fingerprint density at radius 1 is 1.25 bits per heavy atom. The summed E-state index contributed by atoms with van der Waals surface area (Å²) in [7, 11) is 0. The van der Waals surface area contributed by atoms with Gasteiger partial charge in [0.2, 0.25) is 11.8 Å². The van der Waals surface area contributed by atoms with Crippen LogP contribution in [0.1, 0.15) is 35.3 Å². The molecule has 0 aliphatic heterocycles. The molecule has 0 spiro atoms. The maximum absolute atomic E-state index is 12.5. The van der Waals surface area contributed by atoms with E-state index in [1.807, 2.05) is 32.9 Å². The van der Waals surface area contributed by atoms with E-state index in [1.54, 1.807) is 24.5 Å². The molecular weight excluding hydrogens is 356 g/mol. The number of hydrogen-bond acceptors (Lipinski definition) is 4. The summed E-state index contributed by atoms with van der Waals surface area (Å²) >= 11 is 0. The highest BCUT2D eigenvalue weighted by Gasteiger charge is 2.13. The molecule has 0 aliphatic rings. The second-order valence-corrected chi connectivity index (χ2v) is 6.46. The molecule has 6 nitrogen and oxygen atoms in total. The standard InChI is InChI=1S/C22H22N2O4/c1-4-27-19-11-20-18(14(3)12-28-20)10-17(19)13(2)8-21(25)24-16-7-5-6-15(9-16)22(23)26/h5-12H,4H2,1-3H3,(H2,23,26)(H,24,25)/b13-8+. The molecule has 3 rings (SSSR count). The van der Waals surface area contributed by atoms with Crippen LogP contribution in [0.5, 0.6) is 5.75 Å². The van der Waals surface area contributed by atoms with Crippen LogP contribution in [-0.2, 0) is 4.79 Å². The van der Waals surface area contributed by atoms with Gasteiger partial charge in [-0.15, -0.1) is 0 Å². The predicted octanol–water partition coefficient (Wildman–Crippen LogP) is 4.28. The number of furan rings is 1. The van der Waals surface area contributed by atoms with Crippen LogP contribution in [0.3, 0.4) is 0 Å². The van der Waals surface area contributed by atoms with Gasteiger partial charge in [0, 0.05) is 34.3 Å². The number of carbonyl (C=O) groups is 2. The van der Waals surface area contributed by atoms with E-state index in [0.29, 0.717) is 23.6 Å². The van der Waals surface area contributed by atoms with Crippen LogP contribution < -0.4 is 15.8 Å². The SMILES string of the molecule is CCOc1cc2occ(C)c2cc1/C(C)=C/C(=O)Nc1cccc(C(N)=O)c1. The average molecular weight is 378 g/mol. The van der Waals surface area contributed by atoms with E-state index in [0.717, 1.165) is 27.7 Å². The quantitative estimate of drug-likeness (QED) is 0.626. The molecule has 1 heterocycles. The normalized spacial score (nSPS) is 11.5. The maximum Gasteiger partial charge on any atom is 0.248 e. The van der Waals surface area contributed by atoms with E-state index >= 15 is 0 Å². The molecule has 3 aromatic rings. The van der Waals surface area contributed by atoms with E-state index in [9.17, 15) is 9.59 Å². The molecule has 0 saturated heterocycles. The van der Waals surface area contributed by atoms with Crippen molar-refractivity contribution in [2.45, 2.75) is 20.8 Å². The van der Waals surface area contributed by atoms with Gasteiger partial charge < -0.3 is 20.2 Å². The van der Waals surface area contributed by atoms with Crippen molar-refractivity contribution in [2.24, 2.45) is 5.73 Å². The molecule has 6 heteroatoms. The monoisotopic (exact) mass is 378 g/mol.